The summed E-state index contributed by atoms with van der Waals surface area (Å²) in [5.41, 5.74) is 0.737. The number of carbonyl (C=O) groups is 1. The van der Waals surface area contributed by atoms with Crippen LogP contribution in [0, 0.1) is 6.92 Å². The molecule has 1 heterocycles. The Morgan fingerprint density at radius 3 is 2.79 bits per heavy atom. The average Bonchev–Trinajstić information content (AvgIpc) is 2.36. The van der Waals surface area contributed by atoms with E-state index in [1.54, 1.807) is 25.1 Å². The van der Waals surface area contributed by atoms with Gasteiger partial charge in [-0.1, -0.05) is 27.5 Å². The summed E-state index contributed by atoms with van der Waals surface area (Å²) in [7, 11) is 0. The second-order valence-electron chi connectivity index (χ2n) is 3.83. The van der Waals surface area contributed by atoms with Gasteiger partial charge in [0, 0.05) is 16.2 Å². The third-order valence-corrected chi connectivity index (χ3v) is 3.18. The number of carboxylic acids is 1. The molecule has 2 aromatic rings. The van der Waals surface area contributed by atoms with E-state index in [9.17, 15) is 4.79 Å². The Kier molecular flexibility index (Phi) is 4.07. The maximum Gasteiger partial charge on any atom is 0.337 e. The lowest BCUT2D eigenvalue weighted by atomic mass is 10.2. The van der Waals surface area contributed by atoms with Crippen LogP contribution in [0.15, 0.2) is 34.9 Å². The Labute approximate surface area is 123 Å². The first kappa shape index (κ1) is 13.8. The van der Waals surface area contributed by atoms with Gasteiger partial charge in [0.1, 0.15) is 5.75 Å². The lowest BCUT2D eigenvalue weighted by Crippen LogP contribution is -2.00. The van der Waals surface area contributed by atoms with E-state index in [1.807, 2.05) is 0 Å². The highest BCUT2D eigenvalue weighted by Crippen LogP contribution is 2.32. The van der Waals surface area contributed by atoms with Gasteiger partial charge in [-0.15, -0.1) is 0 Å². The standard InChI is InChI=1S/C13H9BrClNO3/c1-7-4-8(13(17)18)6-16-12(7)19-11-5-9(14)2-3-10(11)15/h2-6H,1H3,(H,17,18). The highest BCUT2D eigenvalue weighted by atomic mass is 79.9. The summed E-state index contributed by atoms with van der Waals surface area (Å²) < 4.78 is 6.42. The zero-order valence-corrected chi connectivity index (χ0v) is 12.2. The molecule has 1 aromatic carbocycles. The summed E-state index contributed by atoms with van der Waals surface area (Å²) in [4.78, 5) is 14.8. The molecule has 0 amide bonds. The molecular formula is C13H9BrClNO3. The van der Waals surface area contributed by atoms with Crippen LogP contribution in [0.25, 0.3) is 0 Å². The van der Waals surface area contributed by atoms with Gasteiger partial charge in [0.05, 0.1) is 10.6 Å². The van der Waals surface area contributed by atoms with Crippen LogP contribution in [-0.2, 0) is 0 Å². The fourth-order valence-corrected chi connectivity index (χ4v) is 1.94. The van der Waals surface area contributed by atoms with Gasteiger partial charge in [0.2, 0.25) is 5.88 Å². The number of benzene rings is 1. The molecule has 0 atom stereocenters. The van der Waals surface area contributed by atoms with Crippen molar-refractivity contribution in [1.82, 2.24) is 4.98 Å². The van der Waals surface area contributed by atoms with E-state index in [-0.39, 0.29) is 5.56 Å². The van der Waals surface area contributed by atoms with E-state index in [0.717, 1.165) is 4.47 Å². The van der Waals surface area contributed by atoms with Crippen molar-refractivity contribution < 1.29 is 14.6 Å². The maximum atomic E-state index is 10.8. The number of pyridine rings is 1. The molecule has 0 aliphatic heterocycles. The monoisotopic (exact) mass is 341 g/mol. The van der Waals surface area contributed by atoms with Crippen LogP contribution >= 0.6 is 27.5 Å². The van der Waals surface area contributed by atoms with Gasteiger partial charge in [0.15, 0.2) is 0 Å². The molecule has 98 valence electrons. The number of hydrogen-bond donors (Lipinski definition) is 1. The van der Waals surface area contributed by atoms with Crippen molar-refractivity contribution in [3.05, 3.63) is 51.1 Å². The SMILES string of the molecule is Cc1cc(C(=O)O)cnc1Oc1cc(Br)ccc1Cl. The molecule has 4 nitrogen and oxygen atoms in total. The predicted molar refractivity (Wildman–Crippen MR) is 75.2 cm³/mol. The molecule has 0 aliphatic rings. The van der Waals surface area contributed by atoms with Crippen LogP contribution in [0.5, 0.6) is 11.6 Å². The summed E-state index contributed by atoms with van der Waals surface area (Å²) in [6.45, 7) is 1.72. The zero-order valence-electron chi connectivity index (χ0n) is 9.85. The largest absolute Gasteiger partial charge is 0.478 e. The minimum absolute atomic E-state index is 0.116. The number of rotatable bonds is 3. The first-order valence-corrected chi connectivity index (χ1v) is 6.47. The van der Waals surface area contributed by atoms with Crippen molar-refractivity contribution in [2.24, 2.45) is 0 Å². The van der Waals surface area contributed by atoms with Gasteiger partial charge < -0.3 is 9.84 Å². The smallest absolute Gasteiger partial charge is 0.337 e. The van der Waals surface area contributed by atoms with Crippen LogP contribution < -0.4 is 4.74 Å². The molecule has 0 unspecified atom stereocenters. The van der Waals surface area contributed by atoms with Crippen molar-refractivity contribution in [2.75, 3.05) is 0 Å². The van der Waals surface area contributed by atoms with Crippen molar-refractivity contribution in [1.29, 1.82) is 0 Å². The first-order chi connectivity index (χ1) is 8.97. The van der Waals surface area contributed by atoms with Gasteiger partial charge in [-0.3, -0.25) is 0 Å². The summed E-state index contributed by atoms with van der Waals surface area (Å²) in [5.74, 6) is -0.248. The van der Waals surface area contributed by atoms with E-state index in [1.165, 1.54) is 12.3 Å². The average molecular weight is 343 g/mol. The molecular weight excluding hydrogens is 334 g/mol. The normalized spacial score (nSPS) is 10.3. The molecule has 0 fully saturated rings. The Balaban J connectivity index is 2.33. The lowest BCUT2D eigenvalue weighted by molar-refractivity contribution is 0.0696. The minimum atomic E-state index is -1.03. The Morgan fingerprint density at radius 1 is 1.42 bits per heavy atom. The van der Waals surface area contributed by atoms with E-state index in [2.05, 4.69) is 20.9 Å². The Bertz CT molecular complexity index is 646. The van der Waals surface area contributed by atoms with Crippen LogP contribution in [0.2, 0.25) is 5.02 Å². The second kappa shape index (κ2) is 5.59. The Morgan fingerprint density at radius 2 is 2.16 bits per heavy atom. The van der Waals surface area contributed by atoms with Crippen molar-refractivity contribution >= 4 is 33.5 Å². The van der Waals surface area contributed by atoms with Crippen molar-refractivity contribution in [3.63, 3.8) is 0 Å². The molecule has 2 rings (SSSR count). The summed E-state index contributed by atoms with van der Waals surface area (Å²) in [5, 5.41) is 9.31. The predicted octanol–water partition coefficient (Wildman–Crippen LogP) is 4.30. The number of halogens is 2. The fourth-order valence-electron chi connectivity index (χ4n) is 1.45. The van der Waals surface area contributed by atoms with Crippen LogP contribution in [0.3, 0.4) is 0 Å². The minimum Gasteiger partial charge on any atom is -0.478 e. The molecule has 0 radical (unpaired) electrons. The number of aryl methyl sites for hydroxylation is 1. The van der Waals surface area contributed by atoms with Crippen LogP contribution in [0.4, 0.5) is 0 Å². The van der Waals surface area contributed by atoms with E-state index >= 15 is 0 Å². The molecule has 6 heteroatoms. The number of nitrogens with zero attached hydrogens (tertiary/aromatic N) is 1. The molecule has 0 saturated carbocycles. The molecule has 0 bridgehead atoms. The number of aromatic carboxylic acids is 1. The third kappa shape index (κ3) is 3.24. The second-order valence-corrected chi connectivity index (χ2v) is 5.15. The van der Waals surface area contributed by atoms with E-state index < -0.39 is 5.97 Å². The quantitative estimate of drug-likeness (QED) is 0.903. The van der Waals surface area contributed by atoms with Gasteiger partial charge in [-0.05, 0) is 31.2 Å². The van der Waals surface area contributed by atoms with Crippen LogP contribution in [0.1, 0.15) is 15.9 Å². The summed E-state index contributed by atoms with van der Waals surface area (Å²) >= 11 is 9.33. The van der Waals surface area contributed by atoms with Gasteiger partial charge in [0.25, 0.3) is 0 Å². The first-order valence-electron chi connectivity index (χ1n) is 5.30. The summed E-state index contributed by atoms with van der Waals surface area (Å²) in [6, 6.07) is 6.70. The highest BCUT2D eigenvalue weighted by Gasteiger charge is 2.10. The highest BCUT2D eigenvalue weighted by molar-refractivity contribution is 9.10. The third-order valence-electron chi connectivity index (χ3n) is 2.38. The topological polar surface area (TPSA) is 59.4 Å². The van der Waals surface area contributed by atoms with Crippen molar-refractivity contribution in [2.45, 2.75) is 6.92 Å². The van der Waals surface area contributed by atoms with Gasteiger partial charge >= 0.3 is 5.97 Å². The van der Waals surface area contributed by atoms with E-state index in [4.69, 9.17) is 21.4 Å². The van der Waals surface area contributed by atoms with E-state index in [0.29, 0.717) is 22.2 Å². The summed E-state index contributed by atoms with van der Waals surface area (Å²) in [6.07, 6.45) is 1.25. The molecule has 1 aromatic heterocycles. The maximum absolute atomic E-state index is 10.8. The number of ether oxygens (including phenoxy) is 1. The number of hydrogen-bond acceptors (Lipinski definition) is 3. The van der Waals surface area contributed by atoms with Crippen molar-refractivity contribution in [3.8, 4) is 11.6 Å². The molecule has 0 saturated heterocycles. The number of carboxylic acid groups (broad SMARTS) is 1. The fraction of sp³-hybridized carbons (Fsp3) is 0.0769. The van der Waals surface area contributed by atoms with Gasteiger partial charge in [-0.25, -0.2) is 9.78 Å². The number of aromatic nitrogens is 1. The lowest BCUT2D eigenvalue weighted by Gasteiger charge is -2.09. The molecule has 1 N–H and O–H groups in total. The van der Waals surface area contributed by atoms with Crippen LogP contribution in [-0.4, -0.2) is 16.1 Å². The molecule has 19 heavy (non-hydrogen) atoms. The zero-order chi connectivity index (χ0) is 14.0. The Hall–Kier alpha value is -1.59. The molecule has 0 spiro atoms. The van der Waals surface area contributed by atoms with Gasteiger partial charge in [-0.2, -0.15) is 0 Å². The molecule has 0 aliphatic carbocycles.